The lowest BCUT2D eigenvalue weighted by atomic mass is 9.81. The van der Waals surface area contributed by atoms with Crippen molar-refractivity contribution >= 4 is 35.8 Å². The number of carbonyl (C=O) groups is 3. The molecule has 1 aliphatic carbocycles. The van der Waals surface area contributed by atoms with E-state index in [9.17, 15) is 14.4 Å². The largest absolute Gasteiger partial charge is 0.334 e. The molecular weight excluding hydrogens is 656 g/mol. The molecule has 0 spiro atoms. The number of nitrogens with one attached hydrogen (secondary N) is 2. The number of halogens is 1. The summed E-state index contributed by atoms with van der Waals surface area (Å²) in [6, 6.07) is 15.9. The van der Waals surface area contributed by atoms with Crippen LogP contribution in [0.2, 0.25) is 0 Å². The van der Waals surface area contributed by atoms with Gasteiger partial charge in [-0.15, -0.1) is 22.6 Å². The molecule has 3 amide bonds. The van der Waals surface area contributed by atoms with Crippen LogP contribution in [-0.2, 0) is 16.0 Å². The number of aryl methyl sites for hydroxylation is 1. The summed E-state index contributed by atoms with van der Waals surface area (Å²) in [5, 5.41) is 17.4. The topological polar surface area (TPSA) is 189 Å². The van der Waals surface area contributed by atoms with Gasteiger partial charge >= 0.3 is 0 Å². The molecule has 14 heteroatoms. The molecule has 0 bridgehead atoms. The number of piperazine rings is 1. The molecule has 0 radical (unpaired) electrons. The van der Waals surface area contributed by atoms with E-state index in [4.69, 9.17) is 11.5 Å². The standard InChI is InChI=1S/C36H44N10O3.ClH/c1-22-17-32(36(49)45-16-15-39-23(2)21-45)40-20-30(22)26-7-3-24(4-8-26)18-31(38)35(48)46(34(47)28-9-5-25(19-37)6-10-28)29-13-11-27(12-14-29)33-41-43-44-42-33;/h3-4,7-8,11-14,17,20,23,25,28,31,39H,5-6,9-10,15-16,18-19,21,37-38H2,1-2H3,(H,41,42,43,44);1H/t23?,25?,28?,31-;/m0./s1. The van der Waals surface area contributed by atoms with Crippen LogP contribution < -0.4 is 21.7 Å². The van der Waals surface area contributed by atoms with Gasteiger partial charge in [0.1, 0.15) is 5.69 Å². The highest BCUT2D eigenvalue weighted by Gasteiger charge is 2.35. The van der Waals surface area contributed by atoms with Gasteiger partial charge < -0.3 is 21.7 Å². The predicted molar refractivity (Wildman–Crippen MR) is 193 cm³/mol. The Bertz CT molecular complexity index is 1760. The highest BCUT2D eigenvalue weighted by molar-refractivity contribution is 6.17. The quantitative estimate of drug-likeness (QED) is 0.202. The maximum absolute atomic E-state index is 14.0. The lowest BCUT2D eigenvalue weighted by Gasteiger charge is -2.32. The number of benzene rings is 2. The maximum atomic E-state index is 14.0. The minimum Gasteiger partial charge on any atom is -0.334 e. The van der Waals surface area contributed by atoms with Crippen molar-refractivity contribution in [1.82, 2.24) is 35.8 Å². The third-order valence-electron chi connectivity index (χ3n) is 9.72. The Morgan fingerprint density at radius 2 is 1.72 bits per heavy atom. The molecule has 2 aromatic heterocycles. The maximum Gasteiger partial charge on any atom is 0.272 e. The van der Waals surface area contributed by atoms with Crippen molar-refractivity contribution in [2.75, 3.05) is 31.1 Å². The highest BCUT2D eigenvalue weighted by Crippen LogP contribution is 2.32. The summed E-state index contributed by atoms with van der Waals surface area (Å²) in [6.45, 7) is 6.72. The third-order valence-corrected chi connectivity index (χ3v) is 9.72. The van der Waals surface area contributed by atoms with E-state index in [1.54, 1.807) is 30.5 Å². The monoisotopic (exact) mass is 700 g/mol. The minimum absolute atomic E-state index is 0. The third kappa shape index (κ3) is 8.24. The first-order valence-electron chi connectivity index (χ1n) is 17.0. The average Bonchev–Trinajstić information content (AvgIpc) is 3.67. The molecule has 50 heavy (non-hydrogen) atoms. The van der Waals surface area contributed by atoms with E-state index in [-0.39, 0.29) is 42.6 Å². The Morgan fingerprint density at radius 1 is 1.02 bits per heavy atom. The van der Waals surface area contributed by atoms with Crippen LogP contribution in [0.5, 0.6) is 0 Å². The summed E-state index contributed by atoms with van der Waals surface area (Å²) in [6.07, 6.45) is 5.06. The zero-order chi connectivity index (χ0) is 34.5. The number of H-pyrrole nitrogens is 1. The number of hydrogen-bond donors (Lipinski definition) is 4. The number of carbonyl (C=O) groups excluding carboxylic acids is 3. The Labute approximate surface area is 298 Å². The van der Waals surface area contributed by atoms with Crippen molar-refractivity contribution in [1.29, 1.82) is 0 Å². The Balaban J connectivity index is 0.00000486. The number of pyridine rings is 1. The van der Waals surface area contributed by atoms with Crippen molar-refractivity contribution in [3.05, 3.63) is 77.6 Å². The van der Waals surface area contributed by atoms with Gasteiger partial charge in [-0.25, -0.2) is 4.90 Å². The number of aromatic nitrogens is 5. The molecular formula is C36H45ClN10O3. The van der Waals surface area contributed by atoms with Gasteiger partial charge in [-0.1, -0.05) is 24.3 Å². The summed E-state index contributed by atoms with van der Waals surface area (Å²) in [5.74, 6) is -0.230. The second kappa shape index (κ2) is 16.4. The van der Waals surface area contributed by atoms with Gasteiger partial charge in [0, 0.05) is 48.9 Å². The number of hydrogen-bond acceptors (Lipinski definition) is 10. The van der Waals surface area contributed by atoms with E-state index < -0.39 is 11.9 Å². The molecule has 2 aliphatic rings. The minimum atomic E-state index is -0.950. The molecule has 2 fully saturated rings. The van der Waals surface area contributed by atoms with Crippen LogP contribution >= 0.6 is 12.4 Å². The first-order valence-corrected chi connectivity index (χ1v) is 17.0. The van der Waals surface area contributed by atoms with Gasteiger partial charge in [0.05, 0.1) is 11.7 Å². The first-order chi connectivity index (χ1) is 23.7. The fourth-order valence-corrected chi connectivity index (χ4v) is 6.82. The molecule has 6 rings (SSSR count). The summed E-state index contributed by atoms with van der Waals surface area (Å²) < 4.78 is 0. The number of rotatable bonds is 9. The molecule has 3 heterocycles. The van der Waals surface area contributed by atoms with Gasteiger partial charge in [-0.3, -0.25) is 19.4 Å². The Kier molecular flexibility index (Phi) is 12.1. The fourth-order valence-electron chi connectivity index (χ4n) is 6.82. The molecule has 1 saturated carbocycles. The second-order valence-corrected chi connectivity index (χ2v) is 13.2. The van der Waals surface area contributed by atoms with Crippen molar-refractivity contribution in [3.8, 4) is 22.5 Å². The first kappa shape index (κ1) is 36.7. The molecule has 264 valence electrons. The van der Waals surface area contributed by atoms with Gasteiger partial charge in [-0.05, 0) is 111 Å². The molecule has 1 unspecified atom stereocenters. The number of nitrogens with two attached hydrogens (primary N) is 2. The van der Waals surface area contributed by atoms with Crippen LogP contribution in [0, 0.1) is 18.8 Å². The summed E-state index contributed by atoms with van der Waals surface area (Å²) in [4.78, 5) is 48.6. The molecule has 6 N–H and O–H groups in total. The zero-order valence-corrected chi connectivity index (χ0v) is 29.2. The predicted octanol–water partition coefficient (Wildman–Crippen LogP) is 3.29. The van der Waals surface area contributed by atoms with E-state index >= 15 is 0 Å². The van der Waals surface area contributed by atoms with E-state index in [0.717, 1.165) is 41.6 Å². The van der Waals surface area contributed by atoms with Crippen LogP contribution in [-0.4, -0.2) is 86.5 Å². The summed E-state index contributed by atoms with van der Waals surface area (Å²) in [7, 11) is 0. The molecule has 2 aromatic carbocycles. The lowest BCUT2D eigenvalue weighted by molar-refractivity contribution is -0.130. The molecule has 4 aromatic rings. The van der Waals surface area contributed by atoms with E-state index in [1.165, 1.54) is 4.90 Å². The van der Waals surface area contributed by atoms with Crippen molar-refractivity contribution in [2.24, 2.45) is 23.3 Å². The number of anilines is 1. The second-order valence-electron chi connectivity index (χ2n) is 13.2. The van der Waals surface area contributed by atoms with Crippen LogP contribution in [0.25, 0.3) is 22.5 Å². The van der Waals surface area contributed by atoms with E-state index in [1.807, 2.05) is 42.2 Å². The van der Waals surface area contributed by atoms with Gasteiger partial charge in [0.25, 0.3) is 11.8 Å². The summed E-state index contributed by atoms with van der Waals surface area (Å²) >= 11 is 0. The zero-order valence-electron chi connectivity index (χ0n) is 28.4. The van der Waals surface area contributed by atoms with Crippen LogP contribution in [0.15, 0.2) is 60.8 Å². The highest BCUT2D eigenvalue weighted by atomic mass is 35.5. The van der Waals surface area contributed by atoms with E-state index in [2.05, 4.69) is 37.8 Å². The van der Waals surface area contributed by atoms with Crippen molar-refractivity contribution in [2.45, 2.75) is 58.0 Å². The van der Waals surface area contributed by atoms with Gasteiger partial charge in [0.2, 0.25) is 11.7 Å². The van der Waals surface area contributed by atoms with E-state index in [0.29, 0.717) is 61.2 Å². The normalized spacial score (nSPS) is 19.7. The smallest absolute Gasteiger partial charge is 0.272 e. The van der Waals surface area contributed by atoms with Crippen molar-refractivity contribution < 1.29 is 14.4 Å². The molecule has 13 nitrogen and oxygen atoms in total. The molecule has 1 saturated heterocycles. The molecule has 2 atom stereocenters. The Hall–Kier alpha value is -4.56. The Morgan fingerprint density at radius 3 is 2.34 bits per heavy atom. The number of aromatic amines is 1. The van der Waals surface area contributed by atoms with Crippen molar-refractivity contribution in [3.63, 3.8) is 0 Å². The lowest BCUT2D eigenvalue weighted by Crippen LogP contribution is -2.51. The number of nitrogens with zero attached hydrogens (tertiary/aromatic N) is 6. The number of imide groups is 1. The average molecular weight is 701 g/mol. The van der Waals surface area contributed by atoms with Crippen LogP contribution in [0.4, 0.5) is 5.69 Å². The SMILES string of the molecule is Cc1cc(C(=O)N2CCNC(C)C2)ncc1-c1ccc(C[C@H](N)C(=O)N(C(=O)C2CCC(CN)CC2)c2ccc(-c3nn[nH]n3)cc2)cc1.Cl. The molecule has 1 aliphatic heterocycles. The number of tetrazole rings is 1. The van der Waals surface area contributed by atoms with Gasteiger partial charge in [-0.2, -0.15) is 5.21 Å². The van der Waals surface area contributed by atoms with Crippen LogP contribution in [0.1, 0.15) is 54.2 Å². The van der Waals surface area contributed by atoms with Crippen LogP contribution in [0.3, 0.4) is 0 Å². The summed E-state index contributed by atoms with van der Waals surface area (Å²) in [5.41, 5.74) is 17.7. The fraction of sp³-hybridized carbons (Fsp3) is 0.417. The number of amides is 3. The van der Waals surface area contributed by atoms with Gasteiger partial charge in [0.15, 0.2) is 0 Å².